The molecule has 0 saturated carbocycles. The minimum atomic E-state index is -0.232. The van der Waals surface area contributed by atoms with Gasteiger partial charge in [-0.2, -0.15) is 0 Å². The van der Waals surface area contributed by atoms with Gasteiger partial charge in [0.1, 0.15) is 22.3 Å². The summed E-state index contributed by atoms with van der Waals surface area (Å²) in [6, 6.07) is 6.61. The van der Waals surface area contributed by atoms with Crippen molar-refractivity contribution in [2.24, 2.45) is 0 Å². The number of aromatic nitrogens is 2. The molecular formula is C19H20FN3OS. The number of nitrogens with one attached hydrogen (secondary N) is 1. The average Bonchev–Trinajstić information content (AvgIpc) is 3.20. The van der Waals surface area contributed by atoms with Crippen LogP contribution in [0.15, 0.2) is 24.3 Å². The van der Waals surface area contributed by atoms with Crippen molar-refractivity contribution < 1.29 is 9.13 Å². The maximum Gasteiger partial charge on any atom is 0.139 e. The third-order valence-electron chi connectivity index (χ3n) is 4.49. The molecule has 1 unspecified atom stereocenters. The first kappa shape index (κ1) is 16.4. The Morgan fingerprint density at radius 2 is 2.04 bits per heavy atom. The number of benzene rings is 1. The molecule has 4 nitrogen and oxygen atoms in total. The van der Waals surface area contributed by atoms with E-state index in [-0.39, 0.29) is 11.9 Å². The Morgan fingerprint density at radius 1 is 1.24 bits per heavy atom. The van der Waals surface area contributed by atoms with E-state index in [0.29, 0.717) is 0 Å². The van der Waals surface area contributed by atoms with Gasteiger partial charge in [0.25, 0.3) is 0 Å². The van der Waals surface area contributed by atoms with E-state index in [0.717, 1.165) is 63.9 Å². The van der Waals surface area contributed by atoms with E-state index in [1.54, 1.807) is 11.3 Å². The second-order valence-corrected chi connectivity index (χ2v) is 7.56. The number of ether oxygens (including phenoxy) is 1. The lowest BCUT2D eigenvalue weighted by atomic mass is 10.0. The highest BCUT2D eigenvalue weighted by molar-refractivity contribution is 7.19. The third-order valence-corrected chi connectivity index (χ3v) is 5.49. The van der Waals surface area contributed by atoms with Gasteiger partial charge in [-0.25, -0.2) is 14.4 Å². The smallest absolute Gasteiger partial charge is 0.139 e. The summed E-state index contributed by atoms with van der Waals surface area (Å²) in [6.07, 6.45) is 2.43. The molecule has 130 valence electrons. The first-order valence-corrected chi connectivity index (χ1v) is 9.32. The zero-order valence-electron chi connectivity index (χ0n) is 14.3. The molecular weight excluding hydrogens is 337 g/mol. The Balaban J connectivity index is 1.79. The van der Waals surface area contributed by atoms with Crippen LogP contribution in [0.3, 0.4) is 0 Å². The summed E-state index contributed by atoms with van der Waals surface area (Å²) >= 11 is 1.65. The first-order valence-electron chi connectivity index (χ1n) is 8.51. The highest BCUT2D eigenvalue weighted by atomic mass is 32.1. The number of hydrogen-bond donors (Lipinski definition) is 1. The Kier molecular flexibility index (Phi) is 4.39. The summed E-state index contributed by atoms with van der Waals surface area (Å²) in [5.74, 6) is 1.35. The second-order valence-electron chi connectivity index (χ2n) is 6.36. The predicted molar refractivity (Wildman–Crippen MR) is 99.7 cm³/mol. The molecule has 1 saturated heterocycles. The summed E-state index contributed by atoms with van der Waals surface area (Å²) in [5, 5.41) is 4.47. The minimum Gasteiger partial charge on any atom is -0.376 e. The van der Waals surface area contributed by atoms with E-state index in [1.807, 2.05) is 19.1 Å². The number of anilines is 1. The van der Waals surface area contributed by atoms with Gasteiger partial charge in [0.2, 0.25) is 0 Å². The lowest BCUT2D eigenvalue weighted by Gasteiger charge is -2.13. The molecule has 0 radical (unpaired) electrons. The van der Waals surface area contributed by atoms with Crippen molar-refractivity contribution in [1.82, 2.24) is 9.97 Å². The van der Waals surface area contributed by atoms with Gasteiger partial charge in [0, 0.05) is 23.6 Å². The Hall–Kier alpha value is -2.05. The van der Waals surface area contributed by atoms with Gasteiger partial charge < -0.3 is 10.1 Å². The normalized spacial score (nSPS) is 17.3. The highest BCUT2D eigenvalue weighted by Gasteiger charge is 2.20. The van der Waals surface area contributed by atoms with Crippen LogP contribution in [0.2, 0.25) is 0 Å². The maximum absolute atomic E-state index is 13.3. The van der Waals surface area contributed by atoms with Gasteiger partial charge in [-0.05, 0) is 44.4 Å². The minimum absolute atomic E-state index is 0.232. The van der Waals surface area contributed by atoms with Crippen LogP contribution in [-0.2, 0) is 4.74 Å². The summed E-state index contributed by atoms with van der Waals surface area (Å²) in [5.41, 5.74) is 2.06. The molecule has 1 aliphatic rings. The van der Waals surface area contributed by atoms with Crippen molar-refractivity contribution in [1.29, 1.82) is 0 Å². The zero-order chi connectivity index (χ0) is 17.4. The van der Waals surface area contributed by atoms with Crippen LogP contribution in [0, 0.1) is 19.7 Å². The van der Waals surface area contributed by atoms with E-state index in [2.05, 4.69) is 22.2 Å². The number of fused-ring (bicyclic) bond motifs is 1. The van der Waals surface area contributed by atoms with Crippen molar-refractivity contribution >= 4 is 27.4 Å². The number of halogens is 1. The monoisotopic (exact) mass is 357 g/mol. The summed E-state index contributed by atoms with van der Waals surface area (Å²) < 4.78 is 19.0. The summed E-state index contributed by atoms with van der Waals surface area (Å²) in [4.78, 5) is 11.3. The van der Waals surface area contributed by atoms with Crippen molar-refractivity contribution in [2.75, 3.05) is 18.5 Å². The summed E-state index contributed by atoms with van der Waals surface area (Å²) in [6.45, 7) is 5.56. The molecule has 3 heterocycles. The number of thiophene rings is 1. The number of rotatable bonds is 4. The SMILES string of the molecule is Cc1nc(NCC2CCCO2)c2c(-c3ccc(F)cc3)c(C)sc2n1. The van der Waals surface area contributed by atoms with Gasteiger partial charge >= 0.3 is 0 Å². The fourth-order valence-corrected chi connectivity index (χ4v) is 4.42. The molecule has 2 aromatic heterocycles. The van der Waals surface area contributed by atoms with Gasteiger partial charge in [-0.3, -0.25) is 0 Å². The first-order chi connectivity index (χ1) is 12.1. The highest BCUT2D eigenvalue weighted by Crippen LogP contribution is 2.40. The molecule has 1 aromatic carbocycles. The van der Waals surface area contributed by atoms with E-state index >= 15 is 0 Å². The van der Waals surface area contributed by atoms with Gasteiger partial charge in [0.15, 0.2) is 0 Å². The lowest BCUT2D eigenvalue weighted by molar-refractivity contribution is 0.120. The molecule has 0 spiro atoms. The molecule has 0 aliphatic carbocycles. The molecule has 1 aliphatic heterocycles. The number of hydrogen-bond acceptors (Lipinski definition) is 5. The average molecular weight is 357 g/mol. The zero-order valence-corrected chi connectivity index (χ0v) is 15.1. The molecule has 0 amide bonds. The van der Waals surface area contributed by atoms with Crippen LogP contribution in [0.4, 0.5) is 10.2 Å². The molecule has 3 aromatic rings. The molecule has 0 bridgehead atoms. The van der Waals surface area contributed by atoms with Gasteiger partial charge in [0.05, 0.1) is 11.5 Å². The Bertz CT molecular complexity index is 901. The molecule has 4 rings (SSSR count). The van der Waals surface area contributed by atoms with Crippen LogP contribution < -0.4 is 5.32 Å². The van der Waals surface area contributed by atoms with E-state index in [9.17, 15) is 4.39 Å². The molecule has 1 atom stereocenters. The van der Waals surface area contributed by atoms with Crippen LogP contribution in [-0.4, -0.2) is 29.2 Å². The molecule has 25 heavy (non-hydrogen) atoms. The van der Waals surface area contributed by atoms with E-state index in [4.69, 9.17) is 4.74 Å². The predicted octanol–water partition coefficient (Wildman–Crippen LogP) is 4.71. The fourth-order valence-electron chi connectivity index (χ4n) is 3.33. The second kappa shape index (κ2) is 6.69. The van der Waals surface area contributed by atoms with E-state index < -0.39 is 0 Å². The number of aryl methyl sites for hydroxylation is 2. The van der Waals surface area contributed by atoms with Crippen molar-refractivity contribution in [2.45, 2.75) is 32.8 Å². The largest absolute Gasteiger partial charge is 0.376 e. The van der Waals surface area contributed by atoms with Crippen LogP contribution in [0.25, 0.3) is 21.3 Å². The van der Waals surface area contributed by atoms with Gasteiger partial charge in [-0.15, -0.1) is 11.3 Å². The maximum atomic E-state index is 13.3. The summed E-state index contributed by atoms with van der Waals surface area (Å²) in [7, 11) is 0. The quantitative estimate of drug-likeness (QED) is 0.735. The Morgan fingerprint density at radius 3 is 2.76 bits per heavy atom. The van der Waals surface area contributed by atoms with Gasteiger partial charge in [-0.1, -0.05) is 12.1 Å². The fraction of sp³-hybridized carbons (Fsp3) is 0.368. The van der Waals surface area contributed by atoms with Crippen LogP contribution in [0.1, 0.15) is 23.5 Å². The standard InChI is InChI=1S/C19H20FN3OS/c1-11-16(13-5-7-14(20)8-6-13)17-18(21-10-15-4-3-9-24-15)22-12(2)23-19(17)25-11/h5-8,15H,3-4,9-10H2,1-2H3,(H,21,22,23). The topological polar surface area (TPSA) is 47.0 Å². The van der Waals surface area contributed by atoms with Crippen molar-refractivity contribution in [3.63, 3.8) is 0 Å². The van der Waals surface area contributed by atoms with Crippen molar-refractivity contribution in [3.05, 3.63) is 40.8 Å². The van der Waals surface area contributed by atoms with Crippen molar-refractivity contribution in [3.8, 4) is 11.1 Å². The lowest BCUT2D eigenvalue weighted by Crippen LogP contribution is -2.19. The van der Waals surface area contributed by atoms with Crippen LogP contribution >= 0.6 is 11.3 Å². The molecule has 1 N–H and O–H groups in total. The molecule has 1 fully saturated rings. The molecule has 6 heteroatoms. The third kappa shape index (κ3) is 3.24. The van der Waals surface area contributed by atoms with E-state index in [1.165, 1.54) is 12.1 Å². The van der Waals surface area contributed by atoms with Crippen LogP contribution in [0.5, 0.6) is 0 Å². The Labute approximate surface area is 150 Å². The number of nitrogens with zero attached hydrogens (tertiary/aromatic N) is 2.